The predicted molar refractivity (Wildman–Crippen MR) is 91.1 cm³/mol. The second-order valence-corrected chi connectivity index (χ2v) is 6.10. The molecule has 1 aromatic rings. The number of nitro benzene ring substituents is 1. The Bertz CT molecular complexity index is 573. The van der Waals surface area contributed by atoms with E-state index in [0.29, 0.717) is 31.4 Å². The average molecular weight is 336 g/mol. The van der Waals surface area contributed by atoms with Gasteiger partial charge in [0, 0.05) is 43.5 Å². The highest BCUT2D eigenvalue weighted by atomic mass is 16.6. The van der Waals surface area contributed by atoms with Gasteiger partial charge in [0.2, 0.25) is 0 Å². The zero-order chi connectivity index (χ0) is 17.5. The van der Waals surface area contributed by atoms with E-state index in [4.69, 9.17) is 4.74 Å². The summed E-state index contributed by atoms with van der Waals surface area (Å²) in [5, 5.41) is 16.3. The molecule has 0 spiro atoms. The van der Waals surface area contributed by atoms with Crippen LogP contribution in [0.2, 0.25) is 0 Å². The second kappa shape index (κ2) is 8.60. The molecule has 0 aromatic heterocycles. The molecule has 1 saturated heterocycles. The Morgan fingerprint density at radius 1 is 1.38 bits per heavy atom. The van der Waals surface area contributed by atoms with Crippen molar-refractivity contribution in [3.05, 3.63) is 34.4 Å². The summed E-state index contributed by atoms with van der Waals surface area (Å²) in [6, 6.07) is 5.74. The number of hydrogen-bond donors (Lipinski definition) is 2. The number of amides is 2. The Hall–Kier alpha value is -2.19. The highest BCUT2D eigenvalue weighted by molar-refractivity contribution is 5.89. The van der Waals surface area contributed by atoms with Crippen molar-refractivity contribution >= 4 is 17.4 Å². The monoisotopic (exact) mass is 336 g/mol. The molecule has 0 radical (unpaired) electrons. The number of morpholine rings is 1. The van der Waals surface area contributed by atoms with Crippen molar-refractivity contribution in [2.24, 2.45) is 5.92 Å². The van der Waals surface area contributed by atoms with Crippen molar-refractivity contribution in [3.8, 4) is 0 Å². The first kappa shape index (κ1) is 18.2. The number of nitrogens with one attached hydrogen (secondary N) is 2. The molecule has 24 heavy (non-hydrogen) atoms. The number of non-ortho nitro benzene ring substituents is 1. The van der Waals surface area contributed by atoms with Crippen LogP contribution >= 0.6 is 0 Å². The third-order valence-corrected chi connectivity index (χ3v) is 4.07. The van der Waals surface area contributed by atoms with E-state index in [1.54, 1.807) is 12.1 Å². The van der Waals surface area contributed by atoms with Crippen LogP contribution in [0, 0.1) is 16.0 Å². The van der Waals surface area contributed by atoms with E-state index in [1.807, 2.05) is 0 Å². The van der Waals surface area contributed by atoms with Gasteiger partial charge in [-0.1, -0.05) is 19.9 Å². The summed E-state index contributed by atoms with van der Waals surface area (Å²) in [5.74, 6) is 0.390. The van der Waals surface area contributed by atoms with Crippen molar-refractivity contribution in [2.75, 3.05) is 38.2 Å². The van der Waals surface area contributed by atoms with Crippen LogP contribution in [0.5, 0.6) is 0 Å². The van der Waals surface area contributed by atoms with E-state index in [-0.39, 0.29) is 17.8 Å². The van der Waals surface area contributed by atoms with E-state index in [1.165, 1.54) is 12.1 Å². The van der Waals surface area contributed by atoms with Crippen LogP contribution in [-0.2, 0) is 4.74 Å². The Morgan fingerprint density at radius 2 is 2.08 bits per heavy atom. The normalized spacial score (nSPS) is 16.6. The number of hydrogen-bond acceptors (Lipinski definition) is 5. The number of anilines is 1. The Balaban J connectivity index is 1.88. The lowest BCUT2D eigenvalue weighted by Crippen LogP contribution is -2.51. The number of benzene rings is 1. The van der Waals surface area contributed by atoms with Crippen LogP contribution < -0.4 is 10.6 Å². The van der Waals surface area contributed by atoms with Crippen LogP contribution in [-0.4, -0.2) is 54.7 Å². The quantitative estimate of drug-likeness (QED) is 0.612. The minimum absolute atomic E-state index is 0.0545. The van der Waals surface area contributed by atoms with E-state index >= 15 is 0 Å². The topological polar surface area (TPSA) is 96.7 Å². The van der Waals surface area contributed by atoms with Gasteiger partial charge in [-0.25, -0.2) is 4.79 Å². The fourth-order valence-electron chi connectivity index (χ4n) is 2.77. The highest BCUT2D eigenvalue weighted by Gasteiger charge is 2.24. The molecule has 1 aliphatic heterocycles. The van der Waals surface area contributed by atoms with Gasteiger partial charge in [-0.05, 0) is 12.0 Å². The maximum Gasteiger partial charge on any atom is 0.319 e. The molecule has 1 atom stereocenters. The molecule has 1 aromatic carbocycles. The lowest BCUT2D eigenvalue weighted by atomic mass is 10.0. The van der Waals surface area contributed by atoms with Crippen LogP contribution in [0.1, 0.15) is 13.8 Å². The Morgan fingerprint density at radius 3 is 2.71 bits per heavy atom. The minimum atomic E-state index is -0.490. The molecule has 0 unspecified atom stereocenters. The standard InChI is InChI=1S/C16H24N4O4/c1-12(2)15(19-6-8-24-9-7-19)11-17-16(21)18-13-4-3-5-14(10-13)20(22)23/h3-5,10,12,15H,6-9,11H2,1-2H3,(H2,17,18,21)/t15-/m0/s1. The maximum absolute atomic E-state index is 12.1. The van der Waals surface area contributed by atoms with Gasteiger partial charge in [-0.3, -0.25) is 15.0 Å². The van der Waals surface area contributed by atoms with Crippen LogP contribution in [0.15, 0.2) is 24.3 Å². The summed E-state index contributed by atoms with van der Waals surface area (Å²) in [5.41, 5.74) is 0.343. The molecule has 132 valence electrons. The van der Waals surface area contributed by atoms with Gasteiger partial charge < -0.3 is 15.4 Å². The van der Waals surface area contributed by atoms with E-state index in [2.05, 4.69) is 29.4 Å². The van der Waals surface area contributed by atoms with Gasteiger partial charge in [-0.2, -0.15) is 0 Å². The average Bonchev–Trinajstić information content (AvgIpc) is 2.56. The Kier molecular flexibility index (Phi) is 6.51. The Labute approximate surface area is 141 Å². The summed E-state index contributed by atoms with van der Waals surface area (Å²) in [4.78, 5) is 24.7. The van der Waals surface area contributed by atoms with Crippen molar-refractivity contribution in [1.82, 2.24) is 10.2 Å². The molecule has 8 heteroatoms. The number of nitro groups is 1. The molecule has 1 heterocycles. The molecule has 0 saturated carbocycles. The zero-order valence-corrected chi connectivity index (χ0v) is 14.0. The first-order chi connectivity index (χ1) is 11.5. The minimum Gasteiger partial charge on any atom is -0.379 e. The maximum atomic E-state index is 12.1. The van der Waals surface area contributed by atoms with Crippen LogP contribution in [0.25, 0.3) is 0 Å². The third kappa shape index (κ3) is 5.17. The molecule has 2 N–H and O–H groups in total. The number of nitrogens with zero attached hydrogens (tertiary/aromatic N) is 2. The van der Waals surface area contributed by atoms with E-state index < -0.39 is 4.92 Å². The first-order valence-corrected chi connectivity index (χ1v) is 8.08. The molecule has 0 bridgehead atoms. The lowest BCUT2D eigenvalue weighted by Gasteiger charge is -2.36. The molecule has 8 nitrogen and oxygen atoms in total. The van der Waals surface area contributed by atoms with Gasteiger partial charge in [0.25, 0.3) is 5.69 Å². The van der Waals surface area contributed by atoms with Crippen molar-refractivity contribution in [3.63, 3.8) is 0 Å². The molecule has 2 amide bonds. The van der Waals surface area contributed by atoms with Crippen LogP contribution in [0.3, 0.4) is 0 Å². The number of carbonyl (C=O) groups is 1. The van der Waals surface area contributed by atoms with Gasteiger partial charge in [0.05, 0.1) is 18.1 Å². The SMILES string of the molecule is CC(C)[C@H](CNC(=O)Nc1cccc([N+](=O)[O-])c1)N1CCOCC1. The van der Waals surface area contributed by atoms with Crippen LogP contribution in [0.4, 0.5) is 16.2 Å². The summed E-state index contributed by atoms with van der Waals surface area (Å²) < 4.78 is 5.37. The lowest BCUT2D eigenvalue weighted by molar-refractivity contribution is -0.384. The summed E-state index contributed by atoms with van der Waals surface area (Å²) >= 11 is 0. The summed E-state index contributed by atoms with van der Waals surface area (Å²) in [6.45, 7) is 7.90. The van der Waals surface area contributed by atoms with Gasteiger partial charge in [0.15, 0.2) is 0 Å². The summed E-state index contributed by atoms with van der Waals surface area (Å²) in [7, 11) is 0. The van der Waals surface area contributed by atoms with E-state index in [0.717, 1.165) is 13.1 Å². The number of carbonyl (C=O) groups excluding carboxylic acids is 1. The zero-order valence-electron chi connectivity index (χ0n) is 14.0. The summed E-state index contributed by atoms with van der Waals surface area (Å²) in [6.07, 6.45) is 0. The largest absolute Gasteiger partial charge is 0.379 e. The first-order valence-electron chi connectivity index (χ1n) is 8.08. The fourth-order valence-corrected chi connectivity index (χ4v) is 2.77. The van der Waals surface area contributed by atoms with Gasteiger partial charge in [0.1, 0.15) is 0 Å². The number of urea groups is 1. The third-order valence-electron chi connectivity index (χ3n) is 4.07. The molecule has 1 aliphatic rings. The molecular formula is C16H24N4O4. The van der Waals surface area contributed by atoms with Gasteiger partial charge >= 0.3 is 6.03 Å². The van der Waals surface area contributed by atoms with Crippen molar-refractivity contribution in [2.45, 2.75) is 19.9 Å². The molecule has 0 aliphatic carbocycles. The van der Waals surface area contributed by atoms with Gasteiger partial charge in [-0.15, -0.1) is 0 Å². The fraction of sp³-hybridized carbons (Fsp3) is 0.562. The number of ether oxygens (including phenoxy) is 1. The predicted octanol–water partition coefficient (Wildman–Crippen LogP) is 2.07. The molecule has 2 rings (SSSR count). The highest BCUT2D eigenvalue weighted by Crippen LogP contribution is 2.17. The second-order valence-electron chi connectivity index (χ2n) is 6.10. The molecule has 1 fully saturated rings. The smallest absolute Gasteiger partial charge is 0.319 e. The van der Waals surface area contributed by atoms with Crippen molar-refractivity contribution < 1.29 is 14.5 Å². The van der Waals surface area contributed by atoms with E-state index in [9.17, 15) is 14.9 Å². The molecular weight excluding hydrogens is 312 g/mol. The van der Waals surface area contributed by atoms with Crippen molar-refractivity contribution in [1.29, 1.82) is 0 Å². The number of rotatable bonds is 6.